The van der Waals surface area contributed by atoms with Crippen molar-refractivity contribution in [3.05, 3.63) is 75.1 Å². The van der Waals surface area contributed by atoms with Gasteiger partial charge in [0.1, 0.15) is 11.3 Å². The summed E-state index contributed by atoms with van der Waals surface area (Å²) >= 11 is 0. The minimum atomic E-state index is -0.698. The fourth-order valence-electron chi connectivity index (χ4n) is 3.55. The van der Waals surface area contributed by atoms with Crippen LogP contribution in [0.15, 0.2) is 51.7 Å². The zero-order valence-electron chi connectivity index (χ0n) is 18.5. The number of hydrogen-bond donors (Lipinski definition) is 1. The van der Waals surface area contributed by atoms with Crippen molar-refractivity contribution < 1.29 is 18.7 Å². The highest BCUT2D eigenvalue weighted by Gasteiger charge is 2.20. The van der Waals surface area contributed by atoms with Crippen LogP contribution in [0.25, 0.3) is 11.0 Å². The summed E-state index contributed by atoms with van der Waals surface area (Å²) in [5.41, 5.74) is 3.41. The van der Waals surface area contributed by atoms with E-state index in [2.05, 4.69) is 5.32 Å². The van der Waals surface area contributed by atoms with Crippen LogP contribution in [0.5, 0.6) is 5.75 Å². The zero-order valence-corrected chi connectivity index (χ0v) is 18.5. The van der Waals surface area contributed by atoms with Crippen molar-refractivity contribution in [3.63, 3.8) is 0 Å². The summed E-state index contributed by atoms with van der Waals surface area (Å²) in [4.78, 5) is 25.1. The lowest BCUT2D eigenvalue weighted by Crippen LogP contribution is -2.37. The molecule has 164 valence electrons. The molecule has 0 saturated heterocycles. The number of benzene rings is 2. The van der Waals surface area contributed by atoms with Crippen LogP contribution in [-0.2, 0) is 16.0 Å². The zero-order chi connectivity index (χ0) is 22.4. The Morgan fingerprint density at radius 1 is 1.16 bits per heavy atom. The first-order chi connectivity index (χ1) is 14.9. The molecule has 6 heteroatoms. The summed E-state index contributed by atoms with van der Waals surface area (Å²) in [6, 6.07) is 13.5. The van der Waals surface area contributed by atoms with Gasteiger partial charge in [0.15, 0.2) is 6.10 Å². The van der Waals surface area contributed by atoms with Gasteiger partial charge in [-0.1, -0.05) is 30.3 Å². The summed E-state index contributed by atoms with van der Waals surface area (Å²) in [6.45, 7) is 6.61. The van der Waals surface area contributed by atoms with E-state index in [1.165, 1.54) is 0 Å². The van der Waals surface area contributed by atoms with Crippen molar-refractivity contribution in [1.29, 1.82) is 0 Å². The third-order valence-corrected chi connectivity index (χ3v) is 5.21. The van der Waals surface area contributed by atoms with Crippen LogP contribution in [0.2, 0.25) is 0 Å². The number of amides is 1. The van der Waals surface area contributed by atoms with E-state index in [1.807, 2.05) is 56.3 Å². The molecule has 1 amide bonds. The molecule has 2 aromatic carbocycles. The van der Waals surface area contributed by atoms with E-state index in [9.17, 15) is 9.59 Å². The molecule has 3 rings (SSSR count). The molecule has 1 unspecified atom stereocenters. The maximum Gasteiger partial charge on any atom is 0.340 e. The number of rotatable bonds is 9. The SMILES string of the molecule is COCCCNC(=O)C(C)Oc1cc(C)cc2oc(=O)c(Cc3ccccc3)c(C)c12. The van der Waals surface area contributed by atoms with Crippen molar-refractivity contribution in [2.75, 3.05) is 20.3 Å². The first kappa shape index (κ1) is 22.6. The maximum atomic E-state index is 12.7. The molecule has 0 aliphatic heterocycles. The van der Waals surface area contributed by atoms with Gasteiger partial charge < -0.3 is 19.2 Å². The van der Waals surface area contributed by atoms with Crippen molar-refractivity contribution in [3.8, 4) is 5.75 Å². The topological polar surface area (TPSA) is 77.8 Å². The average molecular weight is 424 g/mol. The Hall–Kier alpha value is -3.12. The van der Waals surface area contributed by atoms with E-state index in [1.54, 1.807) is 14.0 Å². The molecule has 0 saturated carbocycles. The van der Waals surface area contributed by atoms with Gasteiger partial charge in [0.25, 0.3) is 5.91 Å². The minimum Gasteiger partial charge on any atom is -0.480 e. The molecular weight excluding hydrogens is 394 g/mol. The van der Waals surface area contributed by atoms with Crippen LogP contribution in [0.1, 0.15) is 35.6 Å². The van der Waals surface area contributed by atoms with Gasteiger partial charge >= 0.3 is 5.63 Å². The summed E-state index contributed by atoms with van der Waals surface area (Å²) in [5, 5.41) is 3.57. The second-order valence-corrected chi connectivity index (χ2v) is 7.69. The molecule has 1 aromatic heterocycles. The summed E-state index contributed by atoms with van der Waals surface area (Å²) in [6.07, 6.45) is 0.500. The Balaban J connectivity index is 1.93. The molecule has 1 atom stereocenters. The van der Waals surface area contributed by atoms with E-state index in [0.29, 0.717) is 36.5 Å². The Kier molecular flexibility index (Phi) is 7.47. The van der Waals surface area contributed by atoms with Crippen molar-refractivity contribution in [2.45, 2.75) is 39.7 Å². The van der Waals surface area contributed by atoms with Gasteiger partial charge in [-0.3, -0.25) is 4.79 Å². The van der Waals surface area contributed by atoms with Gasteiger partial charge in [0.2, 0.25) is 0 Å². The molecule has 3 aromatic rings. The maximum absolute atomic E-state index is 12.7. The summed E-state index contributed by atoms with van der Waals surface area (Å²) < 4.78 is 16.7. The number of hydrogen-bond acceptors (Lipinski definition) is 5. The lowest BCUT2D eigenvalue weighted by atomic mass is 9.98. The Labute approximate surface area is 182 Å². The van der Waals surface area contributed by atoms with Gasteiger partial charge in [-0.25, -0.2) is 4.79 Å². The molecule has 0 fully saturated rings. The fourth-order valence-corrected chi connectivity index (χ4v) is 3.55. The average Bonchev–Trinajstić information content (AvgIpc) is 2.74. The smallest absolute Gasteiger partial charge is 0.340 e. The number of fused-ring (bicyclic) bond motifs is 1. The quantitative estimate of drug-likeness (QED) is 0.417. The first-order valence-corrected chi connectivity index (χ1v) is 10.4. The molecule has 1 heterocycles. The second kappa shape index (κ2) is 10.3. The number of methoxy groups -OCH3 is 1. The molecule has 1 N–H and O–H groups in total. The first-order valence-electron chi connectivity index (χ1n) is 10.4. The van der Waals surface area contributed by atoms with Gasteiger partial charge in [-0.15, -0.1) is 0 Å². The predicted molar refractivity (Wildman–Crippen MR) is 121 cm³/mol. The molecule has 0 bridgehead atoms. The van der Waals surface area contributed by atoms with Gasteiger partial charge in [0.05, 0.1) is 5.39 Å². The highest BCUT2D eigenvalue weighted by Crippen LogP contribution is 2.32. The van der Waals surface area contributed by atoms with E-state index in [-0.39, 0.29) is 11.5 Å². The predicted octanol–water partition coefficient (Wildman–Crippen LogP) is 3.92. The van der Waals surface area contributed by atoms with Crippen LogP contribution < -0.4 is 15.7 Å². The molecule has 0 radical (unpaired) electrons. The number of carbonyl (C=O) groups is 1. The number of nitrogens with one attached hydrogen (secondary N) is 1. The second-order valence-electron chi connectivity index (χ2n) is 7.69. The van der Waals surface area contributed by atoms with Crippen LogP contribution in [0.3, 0.4) is 0 Å². The number of ether oxygens (including phenoxy) is 2. The molecule has 0 spiro atoms. The van der Waals surface area contributed by atoms with Crippen LogP contribution in [0.4, 0.5) is 0 Å². The number of aryl methyl sites for hydroxylation is 2. The molecule has 0 aliphatic rings. The normalized spacial score (nSPS) is 12.0. The lowest BCUT2D eigenvalue weighted by Gasteiger charge is -2.18. The largest absolute Gasteiger partial charge is 0.480 e. The van der Waals surface area contributed by atoms with Crippen LogP contribution in [0, 0.1) is 13.8 Å². The van der Waals surface area contributed by atoms with Crippen molar-refractivity contribution >= 4 is 16.9 Å². The van der Waals surface area contributed by atoms with Crippen molar-refractivity contribution in [2.24, 2.45) is 0 Å². The van der Waals surface area contributed by atoms with Gasteiger partial charge in [-0.2, -0.15) is 0 Å². The molecular formula is C25H29NO5. The summed E-state index contributed by atoms with van der Waals surface area (Å²) in [7, 11) is 1.63. The lowest BCUT2D eigenvalue weighted by molar-refractivity contribution is -0.127. The molecule has 0 aliphatic carbocycles. The van der Waals surface area contributed by atoms with E-state index in [4.69, 9.17) is 13.9 Å². The van der Waals surface area contributed by atoms with E-state index < -0.39 is 6.10 Å². The van der Waals surface area contributed by atoms with E-state index in [0.717, 1.165) is 28.5 Å². The highest BCUT2D eigenvalue weighted by atomic mass is 16.5. The third-order valence-electron chi connectivity index (χ3n) is 5.21. The Morgan fingerprint density at radius 2 is 1.90 bits per heavy atom. The molecule has 6 nitrogen and oxygen atoms in total. The van der Waals surface area contributed by atoms with Gasteiger partial charge in [0, 0.05) is 32.2 Å². The standard InChI is InChI=1S/C25H29NO5/c1-16-13-21(30-18(3)24(27)26-11-8-12-29-4)23-17(2)20(25(28)31-22(23)14-16)15-19-9-6-5-7-10-19/h5-7,9-10,13-14,18H,8,11-12,15H2,1-4H3,(H,26,27). The van der Waals surface area contributed by atoms with Crippen molar-refractivity contribution in [1.82, 2.24) is 5.32 Å². The Bertz CT molecular complexity index is 1100. The minimum absolute atomic E-state index is 0.203. The van der Waals surface area contributed by atoms with Crippen LogP contribution in [-0.4, -0.2) is 32.3 Å². The monoisotopic (exact) mass is 423 g/mol. The van der Waals surface area contributed by atoms with E-state index >= 15 is 0 Å². The summed E-state index contributed by atoms with van der Waals surface area (Å²) in [5.74, 6) is 0.329. The molecule has 31 heavy (non-hydrogen) atoms. The number of carbonyl (C=O) groups excluding carboxylic acids is 1. The Morgan fingerprint density at radius 3 is 2.61 bits per heavy atom. The van der Waals surface area contributed by atoms with Gasteiger partial charge in [-0.05, 0) is 56.0 Å². The fraction of sp³-hybridized carbons (Fsp3) is 0.360. The van der Waals surface area contributed by atoms with Crippen LogP contribution >= 0.6 is 0 Å². The highest BCUT2D eigenvalue weighted by molar-refractivity contribution is 5.89. The third kappa shape index (κ3) is 5.52.